The molecule has 0 amide bonds. The second-order valence-corrected chi connectivity index (χ2v) is 7.16. The van der Waals surface area contributed by atoms with E-state index >= 15 is 0 Å². The van der Waals surface area contributed by atoms with Crippen LogP contribution in [0.2, 0.25) is 0 Å². The Balaban J connectivity index is 0.000000345. The molecule has 12 heteroatoms. The highest BCUT2D eigenvalue weighted by atomic mass is 19.4. The van der Waals surface area contributed by atoms with Crippen molar-refractivity contribution in [3.8, 4) is 0 Å². The summed E-state index contributed by atoms with van der Waals surface area (Å²) < 4.78 is 33.7. The largest absolute Gasteiger partial charge is 0.490 e. The van der Waals surface area contributed by atoms with Gasteiger partial charge < -0.3 is 19.9 Å². The van der Waals surface area contributed by atoms with E-state index in [2.05, 4.69) is 4.98 Å². The standard InChI is InChI=1S/C14H19N3O4.C2HF3O2/c1-8-9(2)16(3)10(15-8)4-17-6-13(11(18)19)5-14(13,7-17)12(20)21;3-2(4,5)1(6)7/h4-7H2,1-3H3,(H,18,19)(H,20,21);(H,6,7)/t13-,14+;. The molecule has 0 aromatic carbocycles. The number of likely N-dealkylation sites (tertiary alicyclic amines) is 1. The first-order valence-electron chi connectivity index (χ1n) is 8.16. The summed E-state index contributed by atoms with van der Waals surface area (Å²) in [5.41, 5.74) is -0.227. The van der Waals surface area contributed by atoms with Gasteiger partial charge in [-0.3, -0.25) is 14.5 Å². The van der Waals surface area contributed by atoms with Crippen molar-refractivity contribution >= 4 is 17.9 Å². The van der Waals surface area contributed by atoms with Gasteiger partial charge in [0, 0.05) is 25.8 Å². The summed E-state index contributed by atoms with van der Waals surface area (Å²) in [5.74, 6) is -3.92. The van der Waals surface area contributed by atoms with Crippen molar-refractivity contribution < 1.29 is 42.9 Å². The Morgan fingerprint density at radius 2 is 1.50 bits per heavy atom. The molecule has 156 valence electrons. The fourth-order valence-electron chi connectivity index (χ4n) is 3.64. The normalized spacial score (nSPS) is 26.2. The molecular weight excluding hydrogens is 387 g/mol. The third-order valence-electron chi connectivity index (χ3n) is 5.52. The number of carboxylic acid groups (broad SMARTS) is 3. The maximum absolute atomic E-state index is 11.5. The van der Waals surface area contributed by atoms with Crippen LogP contribution in [0.4, 0.5) is 13.2 Å². The number of carbonyl (C=O) groups is 3. The smallest absolute Gasteiger partial charge is 0.481 e. The molecule has 0 bridgehead atoms. The first-order valence-corrected chi connectivity index (χ1v) is 8.16. The monoisotopic (exact) mass is 407 g/mol. The molecular formula is C16H20F3N3O6. The van der Waals surface area contributed by atoms with Gasteiger partial charge in [0.05, 0.1) is 23.1 Å². The molecule has 0 spiro atoms. The number of halogens is 3. The van der Waals surface area contributed by atoms with Gasteiger partial charge in [0.25, 0.3) is 0 Å². The number of alkyl halides is 3. The van der Waals surface area contributed by atoms with E-state index in [1.807, 2.05) is 30.4 Å². The third kappa shape index (κ3) is 3.43. The number of hydrogen-bond donors (Lipinski definition) is 3. The van der Waals surface area contributed by atoms with E-state index < -0.39 is 34.9 Å². The zero-order valence-corrected chi connectivity index (χ0v) is 15.4. The van der Waals surface area contributed by atoms with Crippen LogP contribution < -0.4 is 0 Å². The van der Waals surface area contributed by atoms with E-state index in [0.717, 1.165) is 17.2 Å². The van der Waals surface area contributed by atoms with Crippen molar-refractivity contribution in [2.75, 3.05) is 13.1 Å². The molecule has 3 N–H and O–H groups in total. The highest BCUT2D eigenvalue weighted by Crippen LogP contribution is 2.68. The third-order valence-corrected chi connectivity index (χ3v) is 5.52. The molecule has 1 saturated heterocycles. The van der Waals surface area contributed by atoms with Crippen molar-refractivity contribution in [3.63, 3.8) is 0 Å². The van der Waals surface area contributed by atoms with Gasteiger partial charge in [0.2, 0.25) is 0 Å². The Hall–Kier alpha value is -2.63. The molecule has 28 heavy (non-hydrogen) atoms. The van der Waals surface area contributed by atoms with Crippen molar-refractivity contribution in [1.82, 2.24) is 14.5 Å². The number of aromatic nitrogens is 2. The summed E-state index contributed by atoms with van der Waals surface area (Å²) in [6.07, 6.45) is -4.85. The van der Waals surface area contributed by atoms with Gasteiger partial charge in [-0.1, -0.05) is 0 Å². The van der Waals surface area contributed by atoms with Crippen molar-refractivity contribution in [2.24, 2.45) is 17.9 Å². The maximum atomic E-state index is 11.5. The minimum Gasteiger partial charge on any atom is -0.481 e. The number of piperidine rings is 1. The van der Waals surface area contributed by atoms with Gasteiger partial charge in [0.15, 0.2) is 0 Å². The Bertz CT molecular complexity index is 808. The SMILES string of the molecule is Cc1nc(CN2C[C@@]3(C(=O)O)C[C@@]3(C(=O)O)C2)n(C)c1C.O=C(O)C(F)(F)F. The summed E-state index contributed by atoms with van der Waals surface area (Å²) in [7, 11) is 1.92. The predicted molar refractivity (Wildman–Crippen MR) is 86.4 cm³/mol. The molecule has 1 saturated carbocycles. The summed E-state index contributed by atoms with van der Waals surface area (Å²) in [5, 5.41) is 25.9. The van der Waals surface area contributed by atoms with Crippen LogP contribution in [0.5, 0.6) is 0 Å². The number of fused-ring (bicyclic) bond motifs is 1. The first-order chi connectivity index (χ1) is 12.7. The number of carboxylic acids is 3. The van der Waals surface area contributed by atoms with Crippen LogP contribution in [0.3, 0.4) is 0 Å². The van der Waals surface area contributed by atoms with Crippen LogP contribution in [0.25, 0.3) is 0 Å². The number of hydrogen-bond acceptors (Lipinski definition) is 5. The van der Waals surface area contributed by atoms with E-state index in [1.54, 1.807) is 0 Å². The maximum Gasteiger partial charge on any atom is 0.490 e. The lowest BCUT2D eigenvalue weighted by Crippen LogP contribution is -2.29. The second-order valence-electron chi connectivity index (χ2n) is 7.16. The van der Waals surface area contributed by atoms with Crippen LogP contribution in [-0.2, 0) is 28.0 Å². The molecule has 9 nitrogen and oxygen atoms in total. The number of imidazole rings is 1. The molecule has 0 radical (unpaired) electrons. The van der Waals surface area contributed by atoms with Crippen molar-refractivity contribution in [3.05, 3.63) is 17.2 Å². The van der Waals surface area contributed by atoms with Gasteiger partial charge in [-0.05, 0) is 20.3 Å². The molecule has 3 rings (SSSR count). The summed E-state index contributed by atoms with van der Waals surface area (Å²) in [4.78, 5) is 38.2. The first kappa shape index (κ1) is 21.7. The summed E-state index contributed by atoms with van der Waals surface area (Å²) >= 11 is 0. The van der Waals surface area contributed by atoms with Crippen LogP contribution in [0.15, 0.2) is 0 Å². The number of nitrogens with zero attached hydrogens (tertiary/aromatic N) is 3. The Morgan fingerprint density at radius 1 is 1.07 bits per heavy atom. The Kier molecular flexibility index (Phi) is 5.23. The van der Waals surface area contributed by atoms with Gasteiger partial charge in [-0.25, -0.2) is 9.78 Å². The predicted octanol–water partition coefficient (Wildman–Crippen LogP) is 1.03. The highest BCUT2D eigenvalue weighted by molar-refractivity contribution is 5.94. The number of aliphatic carboxylic acids is 3. The highest BCUT2D eigenvalue weighted by Gasteiger charge is 2.80. The fraction of sp³-hybridized carbons (Fsp3) is 0.625. The molecule has 0 unspecified atom stereocenters. The van der Waals surface area contributed by atoms with Crippen molar-refractivity contribution in [1.29, 1.82) is 0 Å². The van der Waals surface area contributed by atoms with Crippen LogP contribution in [-0.4, -0.2) is 66.9 Å². The van der Waals surface area contributed by atoms with Crippen molar-refractivity contribution in [2.45, 2.75) is 33.0 Å². The van der Waals surface area contributed by atoms with Crippen LogP contribution >= 0.6 is 0 Å². The average Bonchev–Trinajstić information content (AvgIpc) is 3.02. The van der Waals surface area contributed by atoms with Gasteiger partial charge >= 0.3 is 24.1 Å². The molecule has 1 aliphatic heterocycles. The molecule has 2 fully saturated rings. The van der Waals surface area contributed by atoms with E-state index in [-0.39, 0.29) is 19.5 Å². The molecule has 1 aromatic rings. The van der Waals surface area contributed by atoms with Gasteiger partial charge in [-0.15, -0.1) is 0 Å². The summed E-state index contributed by atoms with van der Waals surface area (Å²) in [6, 6.07) is 0. The van der Waals surface area contributed by atoms with Gasteiger partial charge in [0.1, 0.15) is 5.82 Å². The molecule has 1 aromatic heterocycles. The average molecular weight is 407 g/mol. The zero-order valence-electron chi connectivity index (χ0n) is 15.4. The van der Waals surface area contributed by atoms with E-state index in [9.17, 15) is 33.0 Å². The second kappa shape index (κ2) is 6.76. The Labute approximate surface area is 157 Å². The lowest BCUT2D eigenvalue weighted by atomic mass is 9.97. The number of rotatable bonds is 4. The minimum absolute atomic E-state index is 0.236. The van der Waals surface area contributed by atoms with E-state index in [0.29, 0.717) is 6.54 Å². The minimum atomic E-state index is -5.08. The molecule has 1 aliphatic carbocycles. The topological polar surface area (TPSA) is 133 Å². The van der Waals surface area contributed by atoms with Crippen LogP contribution in [0, 0.1) is 24.7 Å². The zero-order chi connectivity index (χ0) is 21.7. The molecule has 2 aliphatic rings. The molecule has 2 atom stereocenters. The lowest BCUT2D eigenvalue weighted by molar-refractivity contribution is -0.192. The quantitative estimate of drug-likeness (QED) is 0.674. The molecule has 2 heterocycles. The van der Waals surface area contributed by atoms with E-state index in [4.69, 9.17) is 9.90 Å². The van der Waals surface area contributed by atoms with Crippen LogP contribution in [0.1, 0.15) is 23.6 Å². The fourth-order valence-corrected chi connectivity index (χ4v) is 3.64. The lowest BCUT2D eigenvalue weighted by Gasteiger charge is -2.19. The Morgan fingerprint density at radius 3 is 1.79 bits per heavy atom. The number of aryl methyl sites for hydroxylation is 1. The van der Waals surface area contributed by atoms with Gasteiger partial charge in [-0.2, -0.15) is 13.2 Å². The summed E-state index contributed by atoms with van der Waals surface area (Å²) in [6.45, 7) is 4.94. The van der Waals surface area contributed by atoms with E-state index in [1.165, 1.54) is 0 Å².